The standard InChI is InChI=1S/C8H7N5O5/c14-4-2-13(8(18)10-4)9-1-3-5(15)11-7(17)12-6(3)16/h1H,2H2,(H,10,14,18)(H3,11,12,15,16,17)/b9-1+. The number of aromatic nitrogens is 2. The van der Waals surface area contributed by atoms with Crippen LogP contribution < -0.4 is 16.6 Å². The molecule has 3 amide bonds. The highest BCUT2D eigenvalue weighted by atomic mass is 16.3. The van der Waals surface area contributed by atoms with Crippen LogP contribution in [0.5, 0.6) is 5.88 Å². The number of carbonyl (C=O) groups excluding carboxylic acids is 2. The van der Waals surface area contributed by atoms with Crippen molar-refractivity contribution in [1.82, 2.24) is 20.3 Å². The Morgan fingerprint density at radius 3 is 2.50 bits per heavy atom. The number of aromatic hydroxyl groups is 1. The van der Waals surface area contributed by atoms with Crippen molar-refractivity contribution in [2.75, 3.05) is 6.54 Å². The van der Waals surface area contributed by atoms with Gasteiger partial charge < -0.3 is 5.11 Å². The first-order chi connectivity index (χ1) is 8.47. The molecular formula is C8H7N5O5. The summed E-state index contributed by atoms with van der Waals surface area (Å²) in [5.41, 5.74) is -2.07. The number of hydrazone groups is 1. The molecule has 0 aromatic carbocycles. The molecule has 94 valence electrons. The zero-order chi connectivity index (χ0) is 13.3. The summed E-state index contributed by atoms with van der Waals surface area (Å²) in [4.78, 5) is 47.8. The van der Waals surface area contributed by atoms with Crippen LogP contribution in [-0.2, 0) is 4.79 Å². The molecule has 10 nitrogen and oxygen atoms in total. The molecule has 1 aromatic rings. The Labute approximate surface area is 97.9 Å². The van der Waals surface area contributed by atoms with Crippen LogP contribution in [0.25, 0.3) is 0 Å². The average Bonchev–Trinajstić information content (AvgIpc) is 2.55. The lowest BCUT2D eigenvalue weighted by atomic mass is 10.3. The molecule has 0 unspecified atom stereocenters. The number of carbonyl (C=O) groups is 2. The number of urea groups is 1. The second-order valence-electron chi connectivity index (χ2n) is 3.33. The van der Waals surface area contributed by atoms with Gasteiger partial charge in [0, 0.05) is 0 Å². The minimum absolute atomic E-state index is 0.280. The van der Waals surface area contributed by atoms with Crippen LogP contribution >= 0.6 is 0 Å². The molecular weight excluding hydrogens is 246 g/mol. The third kappa shape index (κ3) is 2.11. The second-order valence-corrected chi connectivity index (χ2v) is 3.33. The number of imide groups is 1. The maximum Gasteiger partial charge on any atom is 0.344 e. The van der Waals surface area contributed by atoms with Crippen molar-refractivity contribution in [3.63, 3.8) is 0 Å². The van der Waals surface area contributed by atoms with E-state index >= 15 is 0 Å². The van der Waals surface area contributed by atoms with Gasteiger partial charge in [-0.1, -0.05) is 0 Å². The largest absolute Gasteiger partial charge is 0.494 e. The lowest BCUT2D eigenvalue weighted by molar-refractivity contribution is -0.118. The van der Waals surface area contributed by atoms with Crippen LogP contribution in [0, 0.1) is 0 Å². The molecule has 1 saturated heterocycles. The number of aromatic amines is 2. The summed E-state index contributed by atoms with van der Waals surface area (Å²) in [7, 11) is 0. The van der Waals surface area contributed by atoms with Gasteiger partial charge in [-0.2, -0.15) is 5.10 Å². The second kappa shape index (κ2) is 4.16. The topological polar surface area (TPSA) is 148 Å². The van der Waals surface area contributed by atoms with Gasteiger partial charge >= 0.3 is 11.7 Å². The van der Waals surface area contributed by atoms with Gasteiger partial charge in [0.15, 0.2) is 0 Å². The summed E-state index contributed by atoms with van der Waals surface area (Å²) in [6, 6.07) is -0.739. The van der Waals surface area contributed by atoms with Gasteiger partial charge in [0.25, 0.3) is 5.56 Å². The first-order valence-electron chi connectivity index (χ1n) is 4.68. The van der Waals surface area contributed by atoms with Crippen LogP contribution in [0.15, 0.2) is 14.7 Å². The first kappa shape index (κ1) is 11.6. The average molecular weight is 253 g/mol. The lowest BCUT2D eigenvalue weighted by Crippen LogP contribution is -2.27. The number of hydrogen-bond donors (Lipinski definition) is 4. The molecule has 2 heterocycles. The Balaban J connectivity index is 2.30. The molecule has 18 heavy (non-hydrogen) atoms. The van der Waals surface area contributed by atoms with Crippen molar-refractivity contribution >= 4 is 18.2 Å². The Morgan fingerprint density at radius 2 is 1.94 bits per heavy atom. The molecule has 0 saturated carbocycles. The number of hydrogen-bond acceptors (Lipinski definition) is 6. The van der Waals surface area contributed by atoms with Crippen molar-refractivity contribution in [1.29, 1.82) is 0 Å². The Bertz CT molecular complexity index is 657. The highest BCUT2D eigenvalue weighted by Crippen LogP contribution is 2.03. The van der Waals surface area contributed by atoms with Crippen LogP contribution in [0.4, 0.5) is 4.79 Å². The van der Waals surface area contributed by atoms with E-state index in [9.17, 15) is 24.3 Å². The van der Waals surface area contributed by atoms with Gasteiger partial charge in [-0.15, -0.1) is 0 Å². The summed E-state index contributed by atoms with van der Waals surface area (Å²) in [6.45, 7) is -0.280. The molecule has 1 fully saturated rings. The normalized spacial score (nSPS) is 15.4. The lowest BCUT2D eigenvalue weighted by Gasteiger charge is -2.04. The number of H-pyrrole nitrogens is 2. The van der Waals surface area contributed by atoms with E-state index in [2.05, 4.69) is 5.10 Å². The highest BCUT2D eigenvalue weighted by Gasteiger charge is 2.26. The highest BCUT2D eigenvalue weighted by molar-refractivity contribution is 6.02. The third-order valence-electron chi connectivity index (χ3n) is 2.06. The Hall–Kier alpha value is -2.91. The van der Waals surface area contributed by atoms with Crippen LogP contribution in [0.1, 0.15) is 5.56 Å². The molecule has 0 radical (unpaired) electrons. The van der Waals surface area contributed by atoms with E-state index in [4.69, 9.17) is 0 Å². The summed E-state index contributed by atoms with van der Waals surface area (Å²) >= 11 is 0. The summed E-state index contributed by atoms with van der Waals surface area (Å²) < 4.78 is 0. The Morgan fingerprint density at radius 1 is 1.22 bits per heavy atom. The van der Waals surface area contributed by atoms with E-state index in [1.54, 1.807) is 0 Å². The van der Waals surface area contributed by atoms with Crippen molar-refractivity contribution in [2.24, 2.45) is 5.10 Å². The predicted octanol–water partition coefficient (Wildman–Crippen LogP) is -2.35. The smallest absolute Gasteiger partial charge is 0.344 e. The molecule has 0 atom stereocenters. The molecule has 4 N–H and O–H groups in total. The zero-order valence-corrected chi connectivity index (χ0v) is 8.76. The minimum Gasteiger partial charge on any atom is -0.494 e. The van der Waals surface area contributed by atoms with Crippen molar-refractivity contribution < 1.29 is 14.7 Å². The molecule has 1 aliphatic heterocycles. The third-order valence-corrected chi connectivity index (χ3v) is 2.06. The SMILES string of the molecule is O=C1CN(/N=C/c2c(O)[nH]c(=O)[nH]c2=O)C(=O)N1. The van der Waals surface area contributed by atoms with Gasteiger partial charge in [-0.3, -0.25) is 24.9 Å². The van der Waals surface area contributed by atoms with Crippen molar-refractivity contribution in [2.45, 2.75) is 0 Å². The first-order valence-corrected chi connectivity index (χ1v) is 4.68. The maximum atomic E-state index is 11.3. The summed E-state index contributed by atoms with van der Waals surface area (Å²) in [5, 5.41) is 15.6. The predicted molar refractivity (Wildman–Crippen MR) is 57.2 cm³/mol. The monoisotopic (exact) mass is 253 g/mol. The summed E-state index contributed by atoms with van der Waals surface area (Å²) in [5.74, 6) is -1.21. The van der Waals surface area contributed by atoms with Crippen LogP contribution in [0.2, 0.25) is 0 Å². The van der Waals surface area contributed by atoms with E-state index in [-0.39, 0.29) is 12.1 Å². The molecule has 10 heteroatoms. The van der Waals surface area contributed by atoms with Gasteiger partial charge in [0.05, 0.1) is 6.21 Å². The molecule has 1 aliphatic rings. The van der Waals surface area contributed by atoms with Gasteiger partial charge in [0.2, 0.25) is 11.8 Å². The molecule has 0 aliphatic carbocycles. The van der Waals surface area contributed by atoms with Crippen LogP contribution in [-0.4, -0.2) is 44.8 Å². The minimum atomic E-state index is -0.872. The van der Waals surface area contributed by atoms with E-state index in [1.165, 1.54) is 0 Å². The fourth-order valence-corrected chi connectivity index (χ4v) is 1.26. The Kier molecular flexibility index (Phi) is 2.67. The number of amides is 3. The maximum absolute atomic E-state index is 11.3. The number of nitrogens with zero attached hydrogens (tertiary/aromatic N) is 2. The van der Waals surface area contributed by atoms with E-state index in [0.29, 0.717) is 0 Å². The molecule has 0 spiro atoms. The van der Waals surface area contributed by atoms with Gasteiger partial charge in [0.1, 0.15) is 12.1 Å². The number of rotatable bonds is 2. The molecule has 2 rings (SSSR count). The van der Waals surface area contributed by atoms with Crippen molar-refractivity contribution in [3.8, 4) is 5.88 Å². The van der Waals surface area contributed by atoms with Crippen LogP contribution in [0.3, 0.4) is 0 Å². The van der Waals surface area contributed by atoms with Gasteiger partial charge in [-0.05, 0) is 0 Å². The molecule has 0 bridgehead atoms. The number of nitrogens with one attached hydrogen (secondary N) is 3. The van der Waals surface area contributed by atoms with Gasteiger partial charge in [-0.25, -0.2) is 14.6 Å². The fourth-order valence-electron chi connectivity index (χ4n) is 1.26. The summed E-state index contributed by atoms with van der Waals surface area (Å²) in [6.07, 6.45) is 0.863. The van der Waals surface area contributed by atoms with E-state index in [0.717, 1.165) is 11.2 Å². The van der Waals surface area contributed by atoms with Crippen molar-refractivity contribution in [3.05, 3.63) is 26.4 Å². The van der Waals surface area contributed by atoms with E-state index in [1.807, 2.05) is 15.3 Å². The molecule has 1 aromatic heterocycles. The van der Waals surface area contributed by atoms with E-state index < -0.39 is 29.1 Å². The zero-order valence-electron chi connectivity index (χ0n) is 8.76. The fraction of sp³-hybridized carbons (Fsp3) is 0.125. The quantitative estimate of drug-likeness (QED) is 0.344.